The van der Waals surface area contributed by atoms with Crippen molar-refractivity contribution >= 4 is 15.7 Å². The van der Waals surface area contributed by atoms with Gasteiger partial charge in [0, 0.05) is 12.7 Å². The topological polar surface area (TPSA) is 83.5 Å². The molecule has 1 aliphatic rings. The van der Waals surface area contributed by atoms with Crippen LogP contribution < -0.4 is 5.32 Å². The van der Waals surface area contributed by atoms with E-state index in [1.165, 1.54) is 6.92 Å². The summed E-state index contributed by atoms with van der Waals surface area (Å²) in [5, 5.41) is 11.5. The Kier molecular flexibility index (Phi) is 3.64. The van der Waals surface area contributed by atoms with Gasteiger partial charge in [0.15, 0.2) is 9.84 Å². The summed E-state index contributed by atoms with van der Waals surface area (Å²) >= 11 is 0. The maximum atomic E-state index is 11.9. The number of aliphatic hydroxyl groups is 1. The number of rotatable bonds is 3. The number of aliphatic hydroxyl groups excluding tert-OH is 1. The molecule has 0 saturated heterocycles. The standard InChI is InChI=1S/C13H17NO4S/c1-8(19(2,17)18)13(16)14-12-10-6-4-3-5-9(10)7-11(12)15/h3-6,8,11-12,15H,7H2,1-2H3,(H,14,16)/t8?,11-,12+/m1/s1. The third-order valence-corrected chi connectivity index (χ3v) is 5.01. The van der Waals surface area contributed by atoms with Crippen molar-refractivity contribution in [1.82, 2.24) is 5.32 Å². The number of nitrogens with one attached hydrogen (secondary N) is 1. The van der Waals surface area contributed by atoms with Gasteiger partial charge in [0.25, 0.3) is 0 Å². The van der Waals surface area contributed by atoms with Gasteiger partial charge < -0.3 is 10.4 Å². The van der Waals surface area contributed by atoms with E-state index in [2.05, 4.69) is 5.32 Å². The van der Waals surface area contributed by atoms with Crippen LogP contribution in [0.4, 0.5) is 0 Å². The van der Waals surface area contributed by atoms with E-state index in [0.717, 1.165) is 17.4 Å². The molecule has 1 aromatic carbocycles. The van der Waals surface area contributed by atoms with E-state index in [4.69, 9.17) is 0 Å². The maximum Gasteiger partial charge on any atom is 0.238 e. The highest BCUT2D eigenvalue weighted by Crippen LogP contribution is 2.31. The summed E-state index contributed by atoms with van der Waals surface area (Å²) in [5.41, 5.74) is 1.83. The van der Waals surface area contributed by atoms with Crippen LogP contribution in [0.15, 0.2) is 24.3 Å². The van der Waals surface area contributed by atoms with Crippen LogP contribution in [-0.2, 0) is 21.1 Å². The van der Waals surface area contributed by atoms with Crippen LogP contribution in [0.5, 0.6) is 0 Å². The van der Waals surface area contributed by atoms with Gasteiger partial charge in [-0.15, -0.1) is 0 Å². The van der Waals surface area contributed by atoms with E-state index in [1.54, 1.807) is 0 Å². The highest BCUT2D eigenvalue weighted by atomic mass is 32.2. The first-order valence-electron chi connectivity index (χ1n) is 6.06. The van der Waals surface area contributed by atoms with Gasteiger partial charge in [-0.05, 0) is 18.1 Å². The molecule has 0 heterocycles. The van der Waals surface area contributed by atoms with E-state index in [-0.39, 0.29) is 0 Å². The molecule has 0 spiro atoms. The van der Waals surface area contributed by atoms with E-state index in [9.17, 15) is 18.3 Å². The average Bonchev–Trinajstić information content (AvgIpc) is 2.64. The summed E-state index contributed by atoms with van der Waals surface area (Å²) < 4.78 is 22.7. The highest BCUT2D eigenvalue weighted by molar-refractivity contribution is 7.92. The molecule has 6 heteroatoms. The molecule has 2 N–H and O–H groups in total. The van der Waals surface area contributed by atoms with Gasteiger partial charge in [-0.1, -0.05) is 24.3 Å². The smallest absolute Gasteiger partial charge is 0.238 e. The van der Waals surface area contributed by atoms with Crippen molar-refractivity contribution in [2.45, 2.75) is 30.7 Å². The molecule has 1 aliphatic carbocycles. The number of carbonyl (C=O) groups is 1. The van der Waals surface area contributed by atoms with Crippen molar-refractivity contribution in [3.63, 3.8) is 0 Å². The van der Waals surface area contributed by atoms with Crippen LogP contribution in [0.3, 0.4) is 0 Å². The second kappa shape index (κ2) is 4.94. The van der Waals surface area contributed by atoms with Gasteiger partial charge in [-0.3, -0.25) is 4.79 Å². The molecule has 3 atom stereocenters. The molecule has 0 aliphatic heterocycles. The second-order valence-corrected chi connectivity index (χ2v) is 7.29. The minimum atomic E-state index is -3.43. The predicted octanol–water partition coefficient (Wildman–Crippen LogP) is 0.194. The predicted molar refractivity (Wildman–Crippen MR) is 71.3 cm³/mol. The van der Waals surface area contributed by atoms with Gasteiger partial charge in [0.2, 0.25) is 5.91 Å². The summed E-state index contributed by atoms with van der Waals surface area (Å²) in [6, 6.07) is 6.89. The Hall–Kier alpha value is -1.40. The van der Waals surface area contributed by atoms with Crippen molar-refractivity contribution in [3.8, 4) is 0 Å². The lowest BCUT2D eigenvalue weighted by molar-refractivity contribution is -0.121. The first-order valence-corrected chi connectivity index (χ1v) is 8.01. The molecule has 0 saturated carbocycles. The van der Waals surface area contributed by atoms with Gasteiger partial charge in [0.05, 0.1) is 12.1 Å². The molecular formula is C13H17NO4S. The van der Waals surface area contributed by atoms with Crippen LogP contribution in [0.25, 0.3) is 0 Å². The molecule has 104 valence electrons. The molecule has 0 bridgehead atoms. The number of sulfone groups is 1. The minimum Gasteiger partial charge on any atom is -0.390 e. The normalized spacial score (nSPS) is 23.7. The maximum absolute atomic E-state index is 11.9. The molecule has 0 aromatic heterocycles. The molecular weight excluding hydrogens is 266 g/mol. The summed E-state index contributed by atoms with van der Waals surface area (Å²) in [6.45, 7) is 1.35. The second-order valence-electron chi connectivity index (χ2n) is 4.93. The summed E-state index contributed by atoms with van der Waals surface area (Å²) in [5.74, 6) is -0.580. The first kappa shape index (κ1) is 14.0. The van der Waals surface area contributed by atoms with Crippen molar-refractivity contribution in [2.24, 2.45) is 0 Å². The number of carbonyl (C=O) groups excluding carboxylic acids is 1. The van der Waals surface area contributed by atoms with Crippen LogP contribution >= 0.6 is 0 Å². The minimum absolute atomic E-state index is 0.467. The summed E-state index contributed by atoms with van der Waals surface area (Å²) in [4.78, 5) is 11.9. The molecule has 19 heavy (non-hydrogen) atoms. The number of hydrogen-bond donors (Lipinski definition) is 2. The summed E-state index contributed by atoms with van der Waals surface area (Å²) in [7, 11) is -3.43. The third kappa shape index (κ3) is 2.79. The largest absolute Gasteiger partial charge is 0.390 e. The number of amides is 1. The van der Waals surface area contributed by atoms with Crippen LogP contribution in [-0.4, -0.2) is 37.0 Å². The highest BCUT2D eigenvalue weighted by Gasteiger charge is 2.34. The fraction of sp³-hybridized carbons (Fsp3) is 0.462. The van der Waals surface area contributed by atoms with Crippen molar-refractivity contribution in [1.29, 1.82) is 0 Å². The SMILES string of the molecule is CC(C(=O)N[C@H]1c2ccccc2C[C@H]1O)S(C)(=O)=O. The number of fused-ring (bicyclic) bond motifs is 1. The fourth-order valence-corrected chi connectivity index (χ4v) is 2.67. The Morgan fingerprint density at radius 3 is 2.68 bits per heavy atom. The third-order valence-electron chi connectivity index (χ3n) is 3.51. The Morgan fingerprint density at radius 1 is 1.42 bits per heavy atom. The zero-order chi connectivity index (χ0) is 14.2. The van der Waals surface area contributed by atoms with E-state index in [0.29, 0.717) is 6.42 Å². The quantitative estimate of drug-likeness (QED) is 0.829. The van der Waals surface area contributed by atoms with Gasteiger partial charge in [-0.25, -0.2) is 8.42 Å². The van der Waals surface area contributed by atoms with Gasteiger partial charge in [0.1, 0.15) is 5.25 Å². The number of hydrogen-bond acceptors (Lipinski definition) is 4. The van der Waals surface area contributed by atoms with Crippen LogP contribution in [0.2, 0.25) is 0 Å². The Bertz CT molecular complexity index is 596. The lowest BCUT2D eigenvalue weighted by Gasteiger charge is -2.20. The fourth-order valence-electron chi connectivity index (χ4n) is 2.21. The monoisotopic (exact) mass is 283 g/mol. The Balaban J connectivity index is 2.18. The van der Waals surface area contributed by atoms with Crippen LogP contribution in [0, 0.1) is 0 Å². The Labute approximate surface area is 112 Å². The van der Waals surface area contributed by atoms with Crippen LogP contribution in [0.1, 0.15) is 24.1 Å². The molecule has 5 nitrogen and oxygen atoms in total. The summed E-state index contributed by atoms with van der Waals surface area (Å²) in [6.07, 6.45) is 0.776. The van der Waals surface area contributed by atoms with E-state index in [1.807, 2.05) is 24.3 Å². The Morgan fingerprint density at radius 2 is 2.05 bits per heavy atom. The lowest BCUT2D eigenvalue weighted by atomic mass is 10.1. The van der Waals surface area contributed by atoms with E-state index < -0.39 is 33.1 Å². The lowest BCUT2D eigenvalue weighted by Crippen LogP contribution is -2.42. The molecule has 0 radical (unpaired) electrons. The molecule has 2 rings (SSSR count). The molecule has 0 fully saturated rings. The van der Waals surface area contributed by atoms with Gasteiger partial charge in [-0.2, -0.15) is 0 Å². The zero-order valence-electron chi connectivity index (χ0n) is 10.8. The average molecular weight is 283 g/mol. The van der Waals surface area contributed by atoms with Crippen molar-refractivity contribution in [3.05, 3.63) is 35.4 Å². The van der Waals surface area contributed by atoms with Crippen molar-refractivity contribution < 1.29 is 18.3 Å². The molecule has 1 aromatic rings. The van der Waals surface area contributed by atoms with Crippen molar-refractivity contribution in [2.75, 3.05) is 6.26 Å². The number of benzene rings is 1. The first-order chi connectivity index (χ1) is 8.80. The molecule has 1 amide bonds. The van der Waals surface area contributed by atoms with Gasteiger partial charge >= 0.3 is 0 Å². The van der Waals surface area contributed by atoms with E-state index >= 15 is 0 Å². The zero-order valence-corrected chi connectivity index (χ0v) is 11.6. The molecule has 1 unspecified atom stereocenters.